The summed E-state index contributed by atoms with van der Waals surface area (Å²) in [5, 5.41) is 11.4. The monoisotopic (exact) mass is 316 g/mol. The van der Waals surface area contributed by atoms with Gasteiger partial charge in [0.1, 0.15) is 5.41 Å². The third-order valence-electron chi connectivity index (χ3n) is 3.65. The van der Waals surface area contributed by atoms with Crippen molar-refractivity contribution < 1.29 is 18.0 Å². The minimum Gasteiger partial charge on any atom is -0.323 e. The number of anilines is 1. The molecule has 2 rings (SSSR count). The van der Waals surface area contributed by atoms with Crippen LogP contribution in [-0.4, -0.2) is 5.91 Å². The number of carbonyl (C=O) groups is 1. The molecule has 0 atom stereocenters. The van der Waals surface area contributed by atoms with Crippen molar-refractivity contribution in [2.45, 2.75) is 31.9 Å². The van der Waals surface area contributed by atoms with E-state index in [-0.39, 0.29) is 10.7 Å². The molecule has 1 fully saturated rings. The normalized spacial score (nSPS) is 17.3. The van der Waals surface area contributed by atoms with Gasteiger partial charge in [0.05, 0.1) is 22.3 Å². The number of hydrogen-bond donors (Lipinski definition) is 1. The van der Waals surface area contributed by atoms with Crippen LogP contribution in [0.3, 0.4) is 0 Å². The van der Waals surface area contributed by atoms with Gasteiger partial charge in [-0.1, -0.05) is 24.4 Å². The van der Waals surface area contributed by atoms with Gasteiger partial charge in [0.2, 0.25) is 5.91 Å². The van der Waals surface area contributed by atoms with Gasteiger partial charge in [-0.25, -0.2) is 0 Å². The average molecular weight is 317 g/mol. The summed E-state index contributed by atoms with van der Waals surface area (Å²) in [6.45, 7) is 0. The number of carbonyl (C=O) groups excluding carboxylic acids is 1. The molecule has 112 valence electrons. The third-order valence-corrected chi connectivity index (χ3v) is 3.96. The van der Waals surface area contributed by atoms with E-state index < -0.39 is 23.1 Å². The fraction of sp³-hybridized carbons (Fsp3) is 0.429. The van der Waals surface area contributed by atoms with Crippen molar-refractivity contribution in [3.05, 3.63) is 28.8 Å². The van der Waals surface area contributed by atoms with Crippen LogP contribution in [0.5, 0.6) is 0 Å². The molecule has 0 radical (unpaired) electrons. The minimum atomic E-state index is -4.49. The molecule has 0 bridgehead atoms. The lowest BCUT2D eigenvalue weighted by Gasteiger charge is -2.20. The zero-order chi connectivity index (χ0) is 15.7. The lowest BCUT2D eigenvalue weighted by Crippen LogP contribution is -2.32. The highest BCUT2D eigenvalue weighted by atomic mass is 35.5. The Balaban J connectivity index is 2.21. The molecule has 1 aliphatic rings. The van der Waals surface area contributed by atoms with E-state index in [0.717, 1.165) is 31.0 Å². The Morgan fingerprint density at radius 3 is 2.43 bits per heavy atom. The van der Waals surface area contributed by atoms with Gasteiger partial charge in [-0.3, -0.25) is 4.79 Å². The Hall–Kier alpha value is -1.74. The van der Waals surface area contributed by atoms with Gasteiger partial charge in [-0.15, -0.1) is 0 Å². The Morgan fingerprint density at radius 1 is 1.33 bits per heavy atom. The molecular formula is C14H12ClF3N2O. The number of nitrogens with one attached hydrogen (secondary N) is 1. The van der Waals surface area contributed by atoms with Crippen LogP contribution >= 0.6 is 11.6 Å². The summed E-state index contributed by atoms with van der Waals surface area (Å²) in [4.78, 5) is 12.2. The molecule has 1 aromatic carbocycles. The Labute approximate surface area is 124 Å². The number of nitriles is 1. The molecule has 0 unspecified atom stereocenters. The van der Waals surface area contributed by atoms with Crippen LogP contribution in [0.1, 0.15) is 31.2 Å². The molecular weight excluding hydrogens is 305 g/mol. The standard InChI is InChI=1S/C14H12ClF3N2O/c15-10-7-9(14(16,17)18)3-4-11(10)20-12(21)13(8-19)5-1-2-6-13/h3-4,7H,1-2,5-6H2,(H,20,21). The second-order valence-corrected chi connectivity index (χ2v) is 5.45. The highest BCUT2D eigenvalue weighted by Gasteiger charge is 2.41. The van der Waals surface area contributed by atoms with Gasteiger partial charge in [0, 0.05) is 0 Å². The summed E-state index contributed by atoms with van der Waals surface area (Å²) in [6, 6.07) is 4.71. The van der Waals surface area contributed by atoms with Crippen LogP contribution in [0.2, 0.25) is 5.02 Å². The highest BCUT2D eigenvalue weighted by molar-refractivity contribution is 6.33. The van der Waals surface area contributed by atoms with Crippen molar-refractivity contribution >= 4 is 23.2 Å². The number of nitrogens with zero attached hydrogens (tertiary/aromatic N) is 1. The van der Waals surface area contributed by atoms with Gasteiger partial charge in [0.15, 0.2) is 0 Å². The summed E-state index contributed by atoms with van der Waals surface area (Å²) in [6.07, 6.45) is -2.03. The molecule has 0 spiro atoms. The Kier molecular flexibility index (Phi) is 4.15. The molecule has 1 amide bonds. The van der Waals surface area contributed by atoms with Gasteiger partial charge in [0.25, 0.3) is 0 Å². The number of rotatable bonds is 2. The maximum Gasteiger partial charge on any atom is 0.416 e. The lowest BCUT2D eigenvalue weighted by molar-refractivity contribution is -0.137. The average Bonchev–Trinajstić information content (AvgIpc) is 2.90. The fourth-order valence-corrected chi connectivity index (χ4v) is 2.63. The van der Waals surface area contributed by atoms with Crippen molar-refractivity contribution in [1.82, 2.24) is 0 Å². The molecule has 0 saturated heterocycles. The zero-order valence-electron chi connectivity index (χ0n) is 10.9. The molecule has 7 heteroatoms. The number of amides is 1. The van der Waals surface area contributed by atoms with Crippen molar-refractivity contribution in [3.8, 4) is 6.07 Å². The molecule has 1 aromatic rings. The van der Waals surface area contributed by atoms with Crippen molar-refractivity contribution in [3.63, 3.8) is 0 Å². The van der Waals surface area contributed by atoms with Gasteiger partial charge < -0.3 is 5.32 Å². The van der Waals surface area contributed by atoms with Crippen molar-refractivity contribution in [2.75, 3.05) is 5.32 Å². The number of benzene rings is 1. The van der Waals surface area contributed by atoms with Gasteiger partial charge >= 0.3 is 6.18 Å². The van der Waals surface area contributed by atoms with E-state index >= 15 is 0 Å². The van der Waals surface area contributed by atoms with E-state index in [9.17, 15) is 23.2 Å². The second-order valence-electron chi connectivity index (χ2n) is 5.05. The first-order valence-electron chi connectivity index (χ1n) is 6.38. The molecule has 0 aromatic heterocycles. The maximum absolute atomic E-state index is 12.5. The first-order chi connectivity index (χ1) is 9.78. The summed E-state index contributed by atoms with van der Waals surface area (Å²) in [7, 11) is 0. The quantitative estimate of drug-likeness (QED) is 0.880. The van der Waals surface area contributed by atoms with Crippen LogP contribution in [-0.2, 0) is 11.0 Å². The predicted octanol–water partition coefficient (Wildman–Crippen LogP) is 4.38. The fourth-order valence-electron chi connectivity index (χ4n) is 2.40. The molecule has 1 N–H and O–H groups in total. The first-order valence-corrected chi connectivity index (χ1v) is 6.76. The molecule has 0 aliphatic heterocycles. The summed E-state index contributed by atoms with van der Waals surface area (Å²) < 4.78 is 37.6. The molecule has 3 nitrogen and oxygen atoms in total. The summed E-state index contributed by atoms with van der Waals surface area (Å²) in [5.41, 5.74) is -1.91. The summed E-state index contributed by atoms with van der Waals surface area (Å²) in [5.74, 6) is -0.510. The minimum absolute atomic E-state index is 0.0798. The van der Waals surface area contributed by atoms with E-state index in [1.54, 1.807) is 0 Å². The van der Waals surface area contributed by atoms with Gasteiger partial charge in [-0.05, 0) is 31.0 Å². The van der Waals surface area contributed by atoms with E-state index in [2.05, 4.69) is 5.32 Å². The van der Waals surface area contributed by atoms with Crippen LogP contribution in [0.25, 0.3) is 0 Å². The third kappa shape index (κ3) is 3.13. The zero-order valence-corrected chi connectivity index (χ0v) is 11.7. The first kappa shape index (κ1) is 15.6. The molecule has 1 aliphatic carbocycles. The SMILES string of the molecule is N#CC1(C(=O)Nc2ccc(C(F)(F)F)cc2Cl)CCCC1. The van der Waals surface area contributed by atoms with Crippen LogP contribution < -0.4 is 5.32 Å². The molecule has 0 heterocycles. The van der Waals surface area contributed by atoms with Gasteiger partial charge in [-0.2, -0.15) is 18.4 Å². The number of halogens is 4. The highest BCUT2D eigenvalue weighted by Crippen LogP contribution is 2.39. The van der Waals surface area contributed by atoms with Crippen LogP contribution in [0.4, 0.5) is 18.9 Å². The van der Waals surface area contributed by atoms with E-state index in [1.165, 1.54) is 0 Å². The molecule has 1 saturated carbocycles. The lowest BCUT2D eigenvalue weighted by atomic mass is 9.87. The van der Waals surface area contributed by atoms with Crippen molar-refractivity contribution in [2.24, 2.45) is 5.41 Å². The van der Waals surface area contributed by atoms with Crippen LogP contribution in [0, 0.1) is 16.7 Å². The van der Waals surface area contributed by atoms with Crippen LogP contribution in [0.15, 0.2) is 18.2 Å². The Morgan fingerprint density at radius 2 is 1.95 bits per heavy atom. The predicted molar refractivity (Wildman–Crippen MR) is 71.6 cm³/mol. The summed E-state index contributed by atoms with van der Waals surface area (Å²) >= 11 is 5.78. The smallest absolute Gasteiger partial charge is 0.323 e. The Bertz CT molecular complexity index is 601. The largest absolute Gasteiger partial charge is 0.416 e. The maximum atomic E-state index is 12.5. The topological polar surface area (TPSA) is 52.9 Å². The van der Waals surface area contributed by atoms with E-state index in [0.29, 0.717) is 12.8 Å². The molecule has 21 heavy (non-hydrogen) atoms. The van der Waals surface area contributed by atoms with E-state index in [4.69, 9.17) is 11.6 Å². The number of alkyl halides is 3. The van der Waals surface area contributed by atoms with Crippen molar-refractivity contribution in [1.29, 1.82) is 5.26 Å². The van der Waals surface area contributed by atoms with E-state index in [1.807, 2.05) is 6.07 Å². The second kappa shape index (κ2) is 5.57. The number of hydrogen-bond acceptors (Lipinski definition) is 2.